The van der Waals surface area contributed by atoms with Crippen molar-refractivity contribution in [2.45, 2.75) is 6.92 Å². The molecule has 3 nitrogen and oxygen atoms in total. The Kier molecular flexibility index (Phi) is 5.69. The summed E-state index contributed by atoms with van der Waals surface area (Å²) in [6.07, 6.45) is 1.07. The van der Waals surface area contributed by atoms with Crippen LogP contribution in [0, 0.1) is 0 Å². The molecule has 0 aromatic heterocycles. The Bertz CT molecular complexity index is 242. The summed E-state index contributed by atoms with van der Waals surface area (Å²) in [4.78, 5) is 10.8. The van der Waals surface area contributed by atoms with Crippen molar-refractivity contribution in [1.29, 1.82) is 0 Å². The molecule has 0 aromatic rings. The van der Waals surface area contributed by atoms with Crippen molar-refractivity contribution in [3.05, 3.63) is 11.8 Å². The molecule has 0 fully saturated rings. The Morgan fingerprint density at radius 2 is 2.18 bits per heavy atom. The van der Waals surface area contributed by atoms with E-state index in [2.05, 4.69) is 4.29 Å². The van der Waals surface area contributed by atoms with Crippen LogP contribution in [0.2, 0.25) is 0 Å². The van der Waals surface area contributed by atoms with E-state index in [1.54, 1.807) is 0 Å². The van der Waals surface area contributed by atoms with Crippen LogP contribution < -0.4 is 0 Å². The van der Waals surface area contributed by atoms with Gasteiger partial charge in [-0.2, -0.15) is 0 Å². The van der Waals surface area contributed by atoms with Gasteiger partial charge in [-0.05, 0) is 0 Å². The monoisotopic (exact) mass is 233 g/mol. The van der Waals surface area contributed by atoms with E-state index in [0.717, 1.165) is 6.08 Å². The quantitative estimate of drug-likeness (QED) is 0.547. The minimum absolute atomic E-state index is 0.186. The van der Waals surface area contributed by atoms with E-state index < -0.39 is 21.6 Å². The fourth-order valence-corrected chi connectivity index (χ4v) is 0.652. The van der Waals surface area contributed by atoms with Crippen molar-refractivity contribution in [3.8, 4) is 0 Å². The number of rotatable bonds is 3. The molecular formula is C5H4Cl2O3V. The SMILES string of the molecule is C/C(=C\C(=O)[C](Cl)=[V]=[O])OCl. The second-order valence-corrected chi connectivity index (χ2v) is 3.52. The van der Waals surface area contributed by atoms with E-state index in [-0.39, 0.29) is 9.44 Å². The first-order valence-corrected chi connectivity index (χ1v) is 4.44. The molecule has 0 aliphatic rings. The normalized spacial score (nSPS) is 10.3. The van der Waals surface area contributed by atoms with E-state index in [1.165, 1.54) is 6.92 Å². The number of hydrogen-bond donors (Lipinski definition) is 0. The van der Waals surface area contributed by atoms with Crippen LogP contribution >= 0.6 is 23.5 Å². The number of ketones is 1. The third-order valence-corrected chi connectivity index (χ3v) is 2.05. The van der Waals surface area contributed by atoms with Crippen LogP contribution in [0.5, 0.6) is 0 Å². The second kappa shape index (κ2) is 5.66. The molecule has 0 atom stereocenters. The van der Waals surface area contributed by atoms with Crippen molar-refractivity contribution in [2.24, 2.45) is 0 Å². The van der Waals surface area contributed by atoms with Crippen molar-refractivity contribution >= 4 is 32.9 Å². The topological polar surface area (TPSA) is 43.4 Å². The van der Waals surface area contributed by atoms with Gasteiger partial charge in [0.05, 0.1) is 0 Å². The summed E-state index contributed by atoms with van der Waals surface area (Å²) in [6.45, 7) is 1.48. The minimum atomic E-state index is -1.47. The van der Waals surface area contributed by atoms with Crippen LogP contribution in [0.1, 0.15) is 6.92 Å². The van der Waals surface area contributed by atoms with E-state index in [9.17, 15) is 8.47 Å². The van der Waals surface area contributed by atoms with Gasteiger partial charge in [0, 0.05) is 0 Å². The molecule has 11 heavy (non-hydrogen) atoms. The zero-order valence-corrected chi connectivity index (χ0v) is 8.41. The average Bonchev–Trinajstić information content (AvgIpc) is 2.02. The zero-order chi connectivity index (χ0) is 8.85. The van der Waals surface area contributed by atoms with E-state index in [4.69, 9.17) is 23.5 Å². The van der Waals surface area contributed by atoms with Gasteiger partial charge in [0.1, 0.15) is 0 Å². The van der Waals surface area contributed by atoms with Gasteiger partial charge >= 0.3 is 80.2 Å². The van der Waals surface area contributed by atoms with Gasteiger partial charge in [0.25, 0.3) is 0 Å². The van der Waals surface area contributed by atoms with Crippen LogP contribution in [0.25, 0.3) is 0 Å². The van der Waals surface area contributed by atoms with Gasteiger partial charge in [-0.15, -0.1) is 0 Å². The third-order valence-electron chi connectivity index (χ3n) is 0.740. The standard InChI is InChI=1S/C5H4Cl2O2.O.V/c1-4(9-7)2-5(8)3-6;;/h2H,1H3;;/b4-2+;;. The Balaban J connectivity index is 4.42. The van der Waals surface area contributed by atoms with Crippen LogP contribution in [0.4, 0.5) is 0 Å². The van der Waals surface area contributed by atoms with Crippen molar-refractivity contribution in [2.75, 3.05) is 0 Å². The fourth-order valence-electron chi connectivity index (χ4n) is 0.311. The van der Waals surface area contributed by atoms with Crippen molar-refractivity contribution in [1.82, 2.24) is 0 Å². The number of carbonyl (C=O) groups excluding carboxylic acids is 1. The predicted molar refractivity (Wildman–Crippen MR) is 37.2 cm³/mol. The molecule has 0 saturated heterocycles. The number of hydrogen-bond acceptors (Lipinski definition) is 3. The molecule has 0 N–H and O–H groups in total. The molecule has 0 unspecified atom stereocenters. The first-order valence-electron chi connectivity index (χ1n) is 2.49. The number of halogens is 2. The molecule has 0 bridgehead atoms. The Morgan fingerprint density at radius 1 is 1.64 bits per heavy atom. The van der Waals surface area contributed by atoms with Gasteiger partial charge in [-0.25, -0.2) is 0 Å². The average molecular weight is 234 g/mol. The van der Waals surface area contributed by atoms with Gasteiger partial charge in [-0.1, -0.05) is 0 Å². The molecule has 0 aliphatic carbocycles. The summed E-state index contributed by atoms with van der Waals surface area (Å²) < 4.78 is 14.1. The Hall–Kier alpha value is 0.0444. The third kappa shape index (κ3) is 4.48. The zero-order valence-electron chi connectivity index (χ0n) is 5.51. The molecule has 0 aromatic carbocycles. The predicted octanol–water partition coefficient (Wildman–Crippen LogP) is 1.43. The summed E-state index contributed by atoms with van der Waals surface area (Å²) in [5.41, 5.74) is 0. The van der Waals surface area contributed by atoms with Gasteiger partial charge in [0.15, 0.2) is 0 Å². The van der Waals surface area contributed by atoms with E-state index in [1.807, 2.05) is 0 Å². The Labute approximate surface area is 80.3 Å². The molecule has 0 heterocycles. The molecule has 0 amide bonds. The van der Waals surface area contributed by atoms with Gasteiger partial charge < -0.3 is 0 Å². The van der Waals surface area contributed by atoms with Crippen molar-refractivity contribution < 1.29 is 28.6 Å². The number of carbonyl (C=O) groups is 1. The van der Waals surface area contributed by atoms with Crippen LogP contribution in [-0.4, -0.2) is 9.47 Å². The molecule has 6 heteroatoms. The number of allylic oxidation sites excluding steroid dienone is 2. The molecule has 0 radical (unpaired) electrons. The summed E-state index contributed by atoms with van der Waals surface area (Å²) >= 11 is 8.70. The van der Waals surface area contributed by atoms with Gasteiger partial charge in [0.2, 0.25) is 0 Å². The van der Waals surface area contributed by atoms with Gasteiger partial charge in [-0.3, -0.25) is 0 Å². The van der Waals surface area contributed by atoms with E-state index >= 15 is 0 Å². The fraction of sp³-hybridized carbons (Fsp3) is 0.200. The summed E-state index contributed by atoms with van der Waals surface area (Å²) in [7, 11) is 0. The summed E-state index contributed by atoms with van der Waals surface area (Å²) in [6, 6.07) is 0. The maximum absolute atomic E-state index is 10.8. The Morgan fingerprint density at radius 3 is 2.55 bits per heavy atom. The molecule has 61 valence electrons. The first-order chi connectivity index (χ1) is 5.11. The molecule has 0 spiro atoms. The van der Waals surface area contributed by atoms with Crippen LogP contribution in [0.3, 0.4) is 0 Å². The second-order valence-electron chi connectivity index (χ2n) is 1.58. The van der Waals surface area contributed by atoms with Crippen molar-refractivity contribution in [3.63, 3.8) is 0 Å². The molecule has 0 aliphatic heterocycles. The first kappa shape index (κ1) is 11.0. The van der Waals surface area contributed by atoms with Crippen LogP contribution in [0.15, 0.2) is 11.8 Å². The molecular weight excluding hydrogens is 230 g/mol. The summed E-state index contributed by atoms with van der Waals surface area (Å²) in [5, 5.41) is 0. The summed E-state index contributed by atoms with van der Waals surface area (Å²) in [5.74, 6) is -0.315. The van der Waals surface area contributed by atoms with E-state index in [0.29, 0.717) is 0 Å². The maximum atomic E-state index is 10.8. The molecule has 0 saturated carbocycles. The van der Waals surface area contributed by atoms with Crippen LogP contribution in [-0.2, 0) is 28.6 Å². The molecule has 0 rings (SSSR count).